The summed E-state index contributed by atoms with van der Waals surface area (Å²) in [5.74, 6) is -3.20. The van der Waals surface area contributed by atoms with Gasteiger partial charge >= 0.3 is 0 Å². The molecule has 8 heteroatoms. The summed E-state index contributed by atoms with van der Waals surface area (Å²) < 4.78 is 54.8. The van der Waals surface area contributed by atoms with Gasteiger partial charge < -0.3 is 0 Å². The Morgan fingerprint density at radius 1 is 0.600 bits per heavy atom. The molecule has 0 N–H and O–H groups in total. The van der Waals surface area contributed by atoms with Crippen molar-refractivity contribution >= 4 is 53.4 Å². The Morgan fingerprint density at radius 3 is 1.10 bits per heavy atom. The van der Waals surface area contributed by atoms with Gasteiger partial charge in [-0.25, -0.2) is 17.6 Å². The molecule has 106 valence electrons. The average Bonchev–Trinajstić information content (AvgIpc) is 2.30. The van der Waals surface area contributed by atoms with E-state index in [0.717, 1.165) is 24.3 Å². The van der Waals surface area contributed by atoms with Gasteiger partial charge in [0.15, 0.2) is 0 Å². The van der Waals surface area contributed by atoms with Crippen LogP contribution in [0, 0.1) is 23.3 Å². The van der Waals surface area contributed by atoms with Crippen LogP contribution in [-0.4, -0.2) is 0 Å². The normalized spacial score (nSPS) is 10.9. The van der Waals surface area contributed by atoms with Gasteiger partial charge in [0.05, 0.1) is 9.79 Å². The van der Waals surface area contributed by atoms with Gasteiger partial charge in [-0.2, -0.15) is 0 Å². The molecule has 20 heavy (non-hydrogen) atoms. The van der Waals surface area contributed by atoms with Crippen LogP contribution in [0.5, 0.6) is 0 Å². The van der Waals surface area contributed by atoms with Crippen LogP contribution in [0.15, 0.2) is 43.0 Å². The van der Waals surface area contributed by atoms with Crippen LogP contribution in [0.3, 0.4) is 0 Å². The molecule has 0 fully saturated rings. The lowest BCUT2D eigenvalue weighted by molar-refractivity contribution is 0.537. The van der Waals surface area contributed by atoms with Crippen LogP contribution < -0.4 is 0 Å². The van der Waals surface area contributed by atoms with Gasteiger partial charge in [0.25, 0.3) is 0 Å². The third-order valence-corrected chi connectivity index (χ3v) is 5.50. The van der Waals surface area contributed by atoms with E-state index in [4.69, 9.17) is 0 Å². The summed E-state index contributed by atoms with van der Waals surface area (Å²) in [6, 6.07) is 4.33. The van der Waals surface area contributed by atoms with E-state index in [2.05, 4.69) is 31.9 Å². The monoisotopic (exact) mass is 446 g/mol. The van der Waals surface area contributed by atoms with Crippen molar-refractivity contribution in [1.29, 1.82) is 0 Å². The lowest BCUT2D eigenvalue weighted by Crippen LogP contribution is -1.89. The van der Waals surface area contributed by atoms with E-state index >= 15 is 0 Å². The Bertz CT molecular complexity index is 560. The number of halogens is 6. The number of benzene rings is 2. The predicted molar refractivity (Wildman–Crippen MR) is 79.8 cm³/mol. The molecule has 0 nitrogen and oxygen atoms in total. The van der Waals surface area contributed by atoms with Crippen molar-refractivity contribution < 1.29 is 17.6 Å². The number of rotatable bonds is 3. The van der Waals surface area contributed by atoms with Crippen molar-refractivity contribution in [2.75, 3.05) is 0 Å². The zero-order chi connectivity index (χ0) is 14.9. The van der Waals surface area contributed by atoms with Crippen LogP contribution in [0.1, 0.15) is 0 Å². The maximum Gasteiger partial charge on any atom is 0.141 e. The fourth-order valence-corrected chi connectivity index (χ4v) is 4.28. The van der Waals surface area contributed by atoms with Crippen LogP contribution >= 0.6 is 53.4 Å². The molecule has 0 aliphatic heterocycles. The number of hydrogen-bond donors (Lipinski definition) is 0. The second-order valence-corrected chi connectivity index (χ2v) is 7.54. The maximum atomic E-state index is 13.6. The van der Waals surface area contributed by atoms with E-state index < -0.39 is 23.3 Å². The highest BCUT2D eigenvalue weighted by atomic mass is 79.9. The van der Waals surface area contributed by atoms with Gasteiger partial charge in [-0.05, 0) is 45.9 Å². The molecule has 0 unspecified atom stereocenters. The average molecular weight is 448 g/mol. The third-order valence-electron chi connectivity index (χ3n) is 2.13. The molecule has 0 atom stereocenters. The predicted octanol–water partition coefficient (Wildman–Crippen LogP) is 6.57. The Hall–Kier alpha value is -0.180. The molecule has 2 aromatic carbocycles. The van der Waals surface area contributed by atoms with E-state index in [1.165, 1.54) is 0 Å². The Kier molecular flexibility index (Phi) is 5.44. The van der Waals surface area contributed by atoms with Crippen molar-refractivity contribution in [3.8, 4) is 0 Å². The maximum absolute atomic E-state index is 13.6. The summed E-state index contributed by atoms with van der Waals surface area (Å²) in [6.45, 7) is 0. The summed E-state index contributed by atoms with van der Waals surface area (Å²) in [4.78, 5) is -0.611. The Morgan fingerprint density at radius 2 is 0.850 bits per heavy atom. The van der Waals surface area contributed by atoms with Crippen molar-refractivity contribution in [3.05, 3.63) is 56.5 Å². The molecule has 2 rings (SSSR count). The van der Waals surface area contributed by atoms with Gasteiger partial charge in [-0.3, -0.25) is 0 Å². The van der Waals surface area contributed by atoms with Gasteiger partial charge in [0, 0.05) is 8.95 Å². The first-order valence-electron chi connectivity index (χ1n) is 5.02. The Balaban J connectivity index is 2.26. The summed E-state index contributed by atoms with van der Waals surface area (Å²) in [5, 5.41) is 0. The minimum absolute atomic E-state index is 0.253. The highest BCUT2D eigenvalue weighted by Crippen LogP contribution is 2.43. The van der Waals surface area contributed by atoms with Crippen molar-refractivity contribution in [1.82, 2.24) is 0 Å². The topological polar surface area (TPSA) is 0 Å². The van der Waals surface area contributed by atoms with Gasteiger partial charge in [0.2, 0.25) is 0 Å². The molecule has 0 spiro atoms. The first-order chi connectivity index (χ1) is 9.38. The molecular weight excluding hydrogens is 444 g/mol. The van der Waals surface area contributed by atoms with Crippen molar-refractivity contribution in [2.45, 2.75) is 9.79 Å². The second kappa shape index (κ2) is 6.72. The molecular formula is C12H4Br2F4S2. The van der Waals surface area contributed by atoms with Crippen LogP contribution in [0.2, 0.25) is 0 Å². The smallest absolute Gasteiger partial charge is 0.141 e. The lowest BCUT2D eigenvalue weighted by Gasteiger charge is -2.07. The summed E-state index contributed by atoms with van der Waals surface area (Å²) in [6.07, 6.45) is 0. The standard InChI is InChI=1S/C12H4Br2F4S2/c13-5-1-7(15)11(8(16)2-5)19-20-12-9(17)3-6(14)4-10(12)18/h1-4H. The molecule has 0 bridgehead atoms. The fraction of sp³-hybridized carbons (Fsp3) is 0. The third kappa shape index (κ3) is 3.72. The molecule has 0 amide bonds. The summed E-state index contributed by atoms with van der Waals surface area (Å²) in [5.41, 5.74) is 0. The van der Waals surface area contributed by atoms with Gasteiger partial charge in [-0.15, -0.1) is 0 Å². The van der Waals surface area contributed by atoms with Gasteiger partial charge in [-0.1, -0.05) is 31.9 Å². The molecule has 0 radical (unpaired) electrons. The molecule has 0 aliphatic rings. The summed E-state index contributed by atoms with van der Waals surface area (Å²) >= 11 is 5.91. The highest BCUT2D eigenvalue weighted by Gasteiger charge is 2.16. The molecule has 0 saturated carbocycles. The van der Waals surface area contributed by atoms with E-state index in [-0.39, 0.29) is 18.7 Å². The molecule has 0 aromatic heterocycles. The number of hydrogen-bond acceptors (Lipinski definition) is 2. The van der Waals surface area contributed by atoms with E-state index in [1.54, 1.807) is 0 Å². The molecule has 0 aliphatic carbocycles. The van der Waals surface area contributed by atoms with Gasteiger partial charge in [0.1, 0.15) is 23.3 Å². The molecule has 2 aromatic rings. The SMILES string of the molecule is Fc1cc(Br)cc(F)c1SSc1c(F)cc(Br)cc1F. The van der Waals surface area contributed by atoms with Crippen molar-refractivity contribution in [3.63, 3.8) is 0 Å². The first kappa shape index (κ1) is 16.2. The van der Waals surface area contributed by atoms with Crippen LogP contribution in [-0.2, 0) is 0 Å². The highest BCUT2D eigenvalue weighted by molar-refractivity contribution is 9.10. The first-order valence-corrected chi connectivity index (χ1v) is 8.75. The molecule has 0 heterocycles. The van der Waals surface area contributed by atoms with Crippen LogP contribution in [0.4, 0.5) is 17.6 Å². The van der Waals surface area contributed by atoms with E-state index in [9.17, 15) is 17.6 Å². The quantitative estimate of drug-likeness (QED) is 0.385. The van der Waals surface area contributed by atoms with E-state index in [1.807, 2.05) is 0 Å². The zero-order valence-electron chi connectivity index (χ0n) is 9.39. The van der Waals surface area contributed by atoms with Crippen molar-refractivity contribution in [2.24, 2.45) is 0 Å². The minimum Gasteiger partial charge on any atom is -0.206 e. The minimum atomic E-state index is -0.799. The van der Waals surface area contributed by atoms with Crippen LogP contribution in [0.25, 0.3) is 0 Å². The lowest BCUT2D eigenvalue weighted by atomic mass is 10.3. The zero-order valence-corrected chi connectivity index (χ0v) is 14.2. The summed E-state index contributed by atoms with van der Waals surface area (Å²) in [7, 11) is 1.24. The second-order valence-electron chi connectivity index (χ2n) is 3.56. The largest absolute Gasteiger partial charge is 0.206 e. The fourth-order valence-electron chi connectivity index (χ4n) is 1.30. The van der Waals surface area contributed by atoms with E-state index in [0.29, 0.717) is 21.6 Å². The Labute approximate surface area is 137 Å². The molecule has 0 saturated heterocycles.